The average molecular weight is 371 g/mol. The van der Waals surface area contributed by atoms with Crippen LogP contribution < -0.4 is 0 Å². The number of nitrogens with zero attached hydrogens (tertiary/aromatic N) is 3. The van der Waals surface area contributed by atoms with Gasteiger partial charge in [0.25, 0.3) is 10.0 Å². The predicted octanol–water partition coefficient (Wildman–Crippen LogP) is 3.68. The molecule has 0 bridgehead atoms. The van der Waals surface area contributed by atoms with Gasteiger partial charge >= 0.3 is 0 Å². The fourth-order valence-corrected chi connectivity index (χ4v) is 4.34. The number of aromatic nitrogens is 3. The number of aryl methyl sites for hydroxylation is 2. The summed E-state index contributed by atoms with van der Waals surface area (Å²) in [5, 5.41) is 3.92. The maximum absolute atomic E-state index is 13.5. The van der Waals surface area contributed by atoms with Crippen LogP contribution in [-0.4, -0.2) is 22.5 Å². The van der Waals surface area contributed by atoms with Crippen molar-refractivity contribution in [3.8, 4) is 11.1 Å². The van der Waals surface area contributed by atoms with Gasteiger partial charge in [-0.3, -0.25) is 4.98 Å². The van der Waals surface area contributed by atoms with Crippen LogP contribution in [0.2, 0.25) is 0 Å². The second-order valence-corrected chi connectivity index (χ2v) is 7.72. The summed E-state index contributed by atoms with van der Waals surface area (Å²) >= 11 is 0. The van der Waals surface area contributed by atoms with Crippen molar-refractivity contribution in [3.63, 3.8) is 0 Å². The minimum absolute atomic E-state index is 0.127. The van der Waals surface area contributed by atoms with Crippen LogP contribution in [0.1, 0.15) is 11.5 Å². The third-order valence-corrected chi connectivity index (χ3v) is 5.86. The molecule has 0 aliphatic heterocycles. The number of rotatable bonds is 3. The molecule has 8 heteroatoms. The third kappa shape index (κ3) is 2.50. The lowest BCUT2D eigenvalue weighted by molar-refractivity contribution is 0.393. The minimum Gasteiger partial charge on any atom is -0.361 e. The standard InChI is InChI=1S/C18H14FN3O3S/c1-11-18(12(2)25-21-11)13-8-17-16(20-10-13)6-7-22(17)26(23,24)15-5-3-4-14(19)9-15/h3-10H,1-2H3. The fraction of sp³-hybridized carbons (Fsp3) is 0.111. The molecule has 3 aromatic heterocycles. The summed E-state index contributed by atoms with van der Waals surface area (Å²) in [6.45, 7) is 3.58. The maximum atomic E-state index is 13.5. The highest BCUT2D eigenvalue weighted by atomic mass is 32.2. The summed E-state index contributed by atoms with van der Waals surface area (Å²) in [7, 11) is -3.95. The third-order valence-electron chi connectivity index (χ3n) is 4.18. The summed E-state index contributed by atoms with van der Waals surface area (Å²) in [4.78, 5) is 4.21. The van der Waals surface area contributed by atoms with E-state index in [2.05, 4.69) is 10.1 Å². The van der Waals surface area contributed by atoms with Crippen LogP contribution in [0.3, 0.4) is 0 Å². The molecule has 4 rings (SSSR count). The van der Waals surface area contributed by atoms with Crippen LogP contribution in [0.25, 0.3) is 22.2 Å². The van der Waals surface area contributed by atoms with E-state index in [1.807, 2.05) is 0 Å². The zero-order valence-electron chi connectivity index (χ0n) is 14.0. The monoisotopic (exact) mass is 371 g/mol. The van der Waals surface area contributed by atoms with E-state index in [9.17, 15) is 12.8 Å². The molecular weight excluding hydrogens is 357 g/mol. The molecule has 0 fully saturated rings. The Morgan fingerprint density at radius 2 is 1.96 bits per heavy atom. The number of benzene rings is 1. The van der Waals surface area contributed by atoms with Gasteiger partial charge in [0.2, 0.25) is 0 Å². The molecule has 0 saturated heterocycles. The molecule has 0 spiro atoms. The Kier molecular flexibility index (Phi) is 3.66. The Morgan fingerprint density at radius 3 is 2.65 bits per heavy atom. The SMILES string of the molecule is Cc1noc(C)c1-c1cnc2ccn(S(=O)(=O)c3cccc(F)c3)c2c1. The van der Waals surface area contributed by atoms with Crippen LogP contribution in [-0.2, 0) is 10.0 Å². The van der Waals surface area contributed by atoms with Gasteiger partial charge in [0, 0.05) is 23.5 Å². The quantitative estimate of drug-likeness (QED) is 0.549. The summed E-state index contributed by atoms with van der Waals surface area (Å²) < 4.78 is 45.6. The molecule has 4 aromatic rings. The van der Waals surface area contributed by atoms with E-state index in [-0.39, 0.29) is 4.90 Å². The smallest absolute Gasteiger partial charge is 0.268 e. The Morgan fingerprint density at radius 1 is 1.15 bits per heavy atom. The average Bonchev–Trinajstić information content (AvgIpc) is 3.18. The molecule has 0 unspecified atom stereocenters. The van der Waals surface area contributed by atoms with E-state index < -0.39 is 15.8 Å². The van der Waals surface area contributed by atoms with Gasteiger partial charge in [0.1, 0.15) is 11.6 Å². The lowest BCUT2D eigenvalue weighted by Crippen LogP contribution is -2.12. The molecular formula is C18H14FN3O3S. The van der Waals surface area contributed by atoms with E-state index in [4.69, 9.17) is 4.52 Å². The molecule has 0 saturated carbocycles. The van der Waals surface area contributed by atoms with Crippen molar-refractivity contribution in [1.82, 2.24) is 14.1 Å². The number of hydrogen-bond donors (Lipinski definition) is 0. The first-order valence-electron chi connectivity index (χ1n) is 7.79. The highest BCUT2D eigenvalue weighted by Crippen LogP contribution is 2.30. The Labute approximate surface area is 148 Å². The Bertz CT molecular complexity index is 1220. The van der Waals surface area contributed by atoms with Gasteiger partial charge in [-0.15, -0.1) is 0 Å². The minimum atomic E-state index is -3.95. The van der Waals surface area contributed by atoms with Crippen molar-refractivity contribution in [2.45, 2.75) is 18.7 Å². The van der Waals surface area contributed by atoms with Crippen molar-refractivity contribution in [2.75, 3.05) is 0 Å². The van der Waals surface area contributed by atoms with Crippen molar-refractivity contribution in [1.29, 1.82) is 0 Å². The second kappa shape index (κ2) is 5.77. The topological polar surface area (TPSA) is 78.0 Å². The molecule has 26 heavy (non-hydrogen) atoms. The van der Waals surface area contributed by atoms with Gasteiger partial charge in [0.15, 0.2) is 0 Å². The van der Waals surface area contributed by atoms with Gasteiger partial charge in [-0.05, 0) is 44.2 Å². The summed E-state index contributed by atoms with van der Waals surface area (Å²) in [6.07, 6.45) is 3.06. The lowest BCUT2D eigenvalue weighted by Gasteiger charge is -2.08. The summed E-state index contributed by atoms with van der Waals surface area (Å²) in [6, 6.07) is 8.23. The van der Waals surface area contributed by atoms with E-state index in [1.165, 1.54) is 24.4 Å². The van der Waals surface area contributed by atoms with E-state index in [0.717, 1.165) is 15.6 Å². The molecule has 0 aliphatic carbocycles. The van der Waals surface area contributed by atoms with Gasteiger partial charge in [-0.1, -0.05) is 11.2 Å². The Hall–Kier alpha value is -3.00. The van der Waals surface area contributed by atoms with Crippen molar-refractivity contribution in [2.24, 2.45) is 0 Å². The zero-order valence-corrected chi connectivity index (χ0v) is 14.8. The first kappa shape index (κ1) is 16.5. The van der Waals surface area contributed by atoms with Crippen molar-refractivity contribution in [3.05, 3.63) is 66.1 Å². The zero-order chi connectivity index (χ0) is 18.5. The first-order chi connectivity index (χ1) is 12.4. The first-order valence-corrected chi connectivity index (χ1v) is 9.23. The van der Waals surface area contributed by atoms with Crippen LogP contribution in [0, 0.1) is 19.7 Å². The van der Waals surface area contributed by atoms with Crippen LogP contribution in [0.15, 0.2) is 58.2 Å². The predicted molar refractivity (Wildman–Crippen MR) is 93.7 cm³/mol. The number of fused-ring (bicyclic) bond motifs is 1. The van der Waals surface area contributed by atoms with Crippen LogP contribution >= 0.6 is 0 Å². The molecule has 0 N–H and O–H groups in total. The maximum Gasteiger partial charge on any atom is 0.268 e. The number of hydrogen-bond acceptors (Lipinski definition) is 5. The van der Waals surface area contributed by atoms with E-state index in [0.29, 0.717) is 28.1 Å². The molecule has 0 radical (unpaired) electrons. The van der Waals surface area contributed by atoms with Crippen LogP contribution in [0.4, 0.5) is 4.39 Å². The summed E-state index contributed by atoms with van der Waals surface area (Å²) in [5.41, 5.74) is 3.07. The Balaban J connectivity index is 1.93. The summed E-state index contributed by atoms with van der Waals surface area (Å²) in [5.74, 6) is 0.00631. The van der Waals surface area contributed by atoms with Gasteiger partial charge < -0.3 is 4.52 Å². The highest BCUT2D eigenvalue weighted by molar-refractivity contribution is 7.90. The molecule has 132 valence electrons. The van der Waals surface area contributed by atoms with Crippen molar-refractivity contribution < 1.29 is 17.3 Å². The molecule has 3 heterocycles. The molecule has 1 aromatic carbocycles. The van der Waals surface area contributed by atoms with Gasteiger partial charge in [-0.25, -0.2) is 16.8 Å². The molecule has 0 atom stereocenters. The van der Waals surface area contributed by atoms with Crippen LogP contribution in [0.5, 0.6) is 0 Å². The number of halogens is 1. The second-order valence-electron chi connectivity index (χ2n) is 5.90. The van der Waals surface area contributed by atoms with Gasteiger partial charge in [0.05, 0.1) is 21.6 Å². The largest absolute Gasteiger partial charge is 0.361 e. The van der Waals surface area contributed by atoms with E-state index in [1.54, 1.807) is 32.2 Å². The number of pyridine rings is 1. The normalized spacial score (nSPS) is 12.0. The fourth-order valence-electron chi connectivity index (χ4n) is 2.97. The molecule has 6 nitrogen and oxygen atoms in total. The molecule has 0 amide bonds. The highest BCUT2D eigenvalue weighted by Gasteiger charge is 2.21. The van der Waals surface area contributed by atoms with Crippen molar-refractivity contribution >= 4 is 21.1 Å². The van der Waals surface area contributed by atoms with Gasteiger partial charge in [-0.2, -0.15) is 0 Å². The lowest BCUT2D eigenvalue weighted by atomic mass is 10.1. The van der Waals surface area contributed by atoms with E-state index >= 15 is 0 Å². The molecule has 0 aliphatic rings.